The molecule has 2 aliphatic rings. The van der Waals surface area contributed by atoms with Gasteiger partial charge in [-0.25, -0.2) is 0 Å². The van der Waals surface area contributed by atoms with Crippen LogP contribution in [-0.4, -0.2) is 42.0 Å². The number of carbonyl (C=O) groups excluding carboxylic acids is 2. The fourth-order valence-electron chi connectivity index (χ4n) is 4.85. The Kier molecular flexibility index (Phi) is 6.42. The van der Waals surface area contributed by atoms with Crippen LogP contribution in [-0.2, 0) is 16.0 Å². The van der Waals surface area contributed by atoms with Gasteiger partial charge in [0.15, 0.2) is 0 Å². The number of rotatable bonds is 6. The second-order valence-corrected chi connectivity index (χ2v) is 9.27. The molecule has 2 saturated heterocycles. The molecule has 2 aliphatic heterocycles. The van der Waals surface area contributed by atoms with Gasteiger partial charge in [0.1, 0.15) is 5.78 Å². The molecule has 0 radical (unpaired) electrons. The second kappa shape index (κ2) is 9.23. The molecule has 164 valence electrons. The summed E-state index contributed by atoms with van der Waals surface area (Å²) in [7, 11) is 0. The van der Waals surface area contributed by atoms with Crippen molar-refractivity contribution in [1.82, 2.24) is 0 Å². The smallest absolute Gasteiger partial charge is 0.230 e. The van der Waals surface area contributed by atoms with Crippen LogP contribution in [0.5, 0.6) is 0 Å². The van der Waals surface area contributed by atoms with E-state index in [4.69, 9.17) is 0 Å². The fourth-order valence-corrected chi connectivity index (χ4v) is 4.85. The average Bonchev–Trinajstić information content (AvgIpc) is 2.75. The standard InChI is InChI=1S/C26H32N2O3/c1-26(31)14-6-15-27(19-26)22-10-12-23(13-11-22)28-16-5-9-21(25(28)30)18-24(29)17-20-7-3-2-4-8-20/h2-4,7-8,10-13,21,31H,5-6,9,14-19H2,1H3/t21-,26?/m0/s1. The van der Waals surface area contributed by atoms with Crippen LogP contribution in [0.3, 0.4) is 0 Å². The number of amides is 1. The summed E-state index contributed by atoms with van der Waals surface area (Å²) in [6.07, 6.45) is 4.18. The van der Waals surface area contributed by atoms with E-state index in [1.165, 1.54) is 0 Å². The van der Waals surface area contributed by atoms with Crippen LogP contribution in [0.15, 0.2) is 54.6 Å². The number of hydrogen-bond donors (Lipinski definition) is 1. The molecule has 1 amide bonds. The van der Waals surface area contributed by atoms with E-state index in [1.54, 1.807) is 0 Å². The van der Waals surface area contributed by atoms with E-state index in [1.807, 2.05) is 66.4 Å². The highest BCUT2D eigenvalue weighted by atomic mass is 16.3. The van der Waals surface area contributed by atoms with Crippen molar-refractivity contribution in [2.45, 2.75) is 51.0 Å². The number of benzene rings is 2. The van der Waals surface area contributed by atoms with Crippen LogP contribution in [0, 0.1) is 5.92 Å². The van der Waals surface area contributed by atoms with Crippen molar-refractivity contribution >= 4 is 23.1 Å². The lowest BCUT2D eigenvalue weighted by Gasteiger charge is -2.38. The van der Waals surface area contributed by atoms with Gasteiger partial charge in [-0.15, -0.1) is 0 Å². The summed E-state index contributed by atoms with van der Waals surface area (Å²) in [6.45, 7) is 4.14. The Morgan fingerprint density at radius 2 is 1.74 bits per heavy atom. The molecule has 31 heavy (non-hydrogen) atoms. The number of piperidine rings is 2. The van der Waals surface area contributed by atoms with Gasteiger partial charge in [-0.05, 0) is 62.4 Å². The van der Waals surface area contributed by atoms with E-state index in [2.05, 4.69) is 4.90 Å². The highest BCUT2D eigenvalue weighted by Crippen LogP contribution is 2.30. The zero-order valence-corrected chi connectivity index (χ0v) is 18.3. The van der Waals surface area contributed by atoms with Crippen molar-refractivity contribution in [3.8, 4) is 0 Å². The van der Waals surface area contributed by atoms with Crippen LogP contribution < -0.4 is 9.80 Å². The van der Waals surface area contributed by atoms with Crippen molar-refractivity contribution < 1.29 is 14.7 Å². The molecule has 2 heterocycles. The molecule has 1 unspecified atom stereocenters. The van der Waals surface area contributed by atoms with Crippen molar-refractivity contribution in [2.75, 3.05) is 29.4 Å². The highest BCUT2D eigenvalue weighted by molar-refractivity contribution is 5.98. The molecule has 2 aromatic carbocycles. The lowest BCUT2D eigenvalue weighted by molar-refractivity contribution is -0.128. The summed E-state index contributed by atoms with van der Waals surface area (Å²) in [5.74, 6) is -0.0537. The molecule has 0 aromatic heterocycles. The first-order chi connectivity index (χ1) is 14.9. The third-order valence-corrected chi connectivity index (χ3v) is 6.47. The Labute approximate surface area is 184 Å². The predicted octanol–water partition coefficient (Wildman–Crippen LogP) is 3.98. The van der Waals surface area contributed by atoms with E-state index in [-0.39, 0.29) is 17.6 Å². The maximum atomic E-state index is 13.1. The Bertz CT molecular complexity index is 908. The number of hydrogen-bond acceptors (Lipinski definition) is 4. The molecule has 5 nitrogen and oxygen atoms in total. The first-order valence-electron chi connectivity index (χ1n) is 11.4. The molecule has 0 bridgehead atoms. The largest absolute Gasteiger partial charge is 0.388 e. The van der Waals surface area contributed by atoms with Gasteiger partial charge in [-0.2, -0.15) is 0 Å². The number of Topliss-reactive ketones (excluding diaryl/α,β-unsaturated/α-hetero) is 1. The minimum atomic E-state index is -0.654. The lowest BCUT2D eigenvalue weighted by Crippen LogP contribution is -2.46. The number of β-amino-alcohol motifs (C(OH)–C–C–N with tert-alkyl or cyclic N) is 1. The van der Waals surface area contributed by atoms with Crippen LogP contribution >= 0.6 is 0 Å². The number of carbonyl (C=O) groups is 2. The minimum Gasteiger partial charge on any atom is -0.388 e. The van der Waals surface area contributed by atoms with Gasteiger partial charge in [0.25, 0.3) is 0 Å². The van der Waals surface area contributed by atoms with Crippen molar-refractivity contribution in [1.29, 1.82) is 0 Å². The quantitative estimate of drug-likeness (QED) is 0.768. The van der Waals surface area contributed by atoms with Gasteiger partial charge in [0.05, 0.1) is 5.60 Å². The van der Waals surface area contributed by atoms with E-state index < -0.39 is 5.60 Å². The SMILES string of the molecule is CC1(O)CCCN(c2ccc(N3CCC[C@@H](CC(=O)Cc4ccccc4)C3=O)cc2)C1. The number of ketones is 1. The monoisotopic (exact) mass is 420 g/mol. The van der Waals surface area contributed by atoms with Gasteiger partial charge >= 0.3 is 0 Å². The summed E-state index contributed by atoms with van der Waals surface area (Å²) in [6, 6.07) is 17.8. The predicted molar refractivity (Wildman–Crippen MR) is 123 cm³/mol. The van der Waals surface area contributed by atoms with Crippen LogP contribution in [0.25, 0.3) is 0 Å². The van der Waals surface area contributed by atoms with Crippen LogP contribution in [0.1, 0.15) is 44.6 Å². The second-order valence-electron chi connectivity index (χ2n) is 9.27. The normalized spacial score (nSPS) is 24.3. The van der Waals surface area contributed by atoms with Crippen molar-refractivity contribution in [3.05, 3.63) is 60.2 Å². The van der Waals surface area contributed by atoms with Gasteiger partial charge < -0.3 is 14.9 Å². The molecular formula is C26H32N2O3. The first-order valence-corrected chi connectivity index (χ1v) is 11.4. The molecule has 0 aliphatic carbocycles. The Morgan fingerprint density at radius 1 is 1.03 bits per heavy atom. The summed E-state index contributed by atoms with van der Waals surface area (Å²) >= 11 is 0. The van der Waals surface area contributed by atoms with Gasteiger partial charge in [-0.3, -0.25) is 9.59 Å². The van der Waals surface area contributed by atoms with Gasteiger partial charge in [0, 0.05) is 49.8 Å². The molecule has 4 rings (SSSR count). The first kappa shape index (κ1) is 21.6. The summed E-state index contributed by atoms with van der Waals surface area (Å²) in [4.78, 5) is 29.7. The summed E-state index contributed by atoms with van der Waals surface area (Å²) < 4.78 is 0. The molecule has 2 aromatic rings. The molecule has 1 N–H and O–H groups in total. The van der Waals surface area contributed by atoms with Gasteiger partial charge in [-0.1, -0.05) is 30.3 Å². The molecular weight excluding hydrogens is 388 g/mol. The maximum absolute atomic E-state index is 13.1. The molecule has 2 fully saturated rings. The van der Waals surface area contributed by atoms with E-state index in [0.29, 0.717) is 25.9 Å². The third-order valence-electron chi connectivity index (χ3n) is 6.47. The number of nitrogens with zero attached hydrogens (tertiary/aromatic N) is 2. The summed E-state index contributed by atoms with van der Waals surface area (Å²) in [5, 5.41) is 10.4. The molecule has 0 spiro atoms. The average molecular weight is 421 g/mol. The van der Waals surface area contributed by atoms with Crippen LogP contribution in [0.2, 0.25) is 0 Å². The van der Waals surface area contributed by atoms with Crippen molar-refractivity contribution in [3.63, 3.8) is 0 Å². The zero-order valence-electron chi connectivity index (χ0n) is 18.3. The lowest BCUT2D eigenvalue weighted by atomic mass is 9.90. The highest BCUT2D eigenvalue weighted by Gasteiger charge is 2.32. The molecule has 2 atom stereocenters. The molecule has 5 heteroatoms. The fraction of sp³-hybridized carbons (Fsp3) is 0.462. The van der Waals surface area contributed by atoms with Gasteiger partial charge in [0.2, 0.25) is 5.91 Å². The third kappa shape index (κ3) is 5.34. The summed E-state index contributed by atoms with van der Waals surface area (Å²) in [5.41, 5.74) is 2.31. The van der Waals surface area contributed by atoms with E-state index in [9.17, 15) is 14.7 Å². The Morgan fingerprint density at radius 3 is 2.45 bits per heavy atom. The van der Waals surface area contributed by atoms with E-state index >= 15 is 0 Å². The van der Waals surface area contributed by atoms with E-state index in [0.717, 1.165) is 49.2 Å². The Hall–Kier alpha value is -2.66. The Balaban J connectivity index is 1.39. The maximum Gasteiger partial charge on any atom is 0.230 e. The minimum absolute atomic E-state index is 0.0568. The number of anilines is 2. The topological polar surface area (TPSA) is 60.9 Å². The van der Waals surface area contributed by atoms with Crippen LogP contribution in [0.4, 0.5) is 11.4 Å². The molecule has 0 saturated carbocycles. The zero-order chi connectivity index (χ0) is 21.8. The number of aliphatic hydroxyl groups is 1. The van der Waals surface area contributed by atoms with Crippen molar-refractivity contribution in [2.24, 2.45) is 5.92 Å².